The fourth-order valence-corrected chi connectivity index (χ4v) is 1.65. The number of aryl methyl sites for hydroxylation is 1. The van der Waals surface area contributed by atoms with Gasteiger partial charge < -0.3 is 5.32 Å². The molecule has 0 aliphatic rings. The molecule has 0 bridgehead atoms. The lowest BCUT2D eigenvalue weighted by Crippen LogP contribution is -2.04. The molecule has 0 saturated carbocycles. The van der Waals surface area contributed by atoms with Crippen molar-refractivity contribution in [3.8, 4) is 0 Å². The summed E-state index contributed by atoms with van der Waals surface area (Å²) < 4.78 is 0. The number of hydrogen-bond donors (Lipinski definition) is 1. The van der Waals surface area contributed by atoms with Gasteiger partial charge in [-0.1, -0.05) is 11.6 Å². The van der Waals surface area contributed by atoms with Crippen LogP contribution in [0.3, 0.4) is 0 Å². The molecule has 3 heteroatoms. The zero-order valence-corrected chi connectivity index (χ0v) is 9.50. The second kappa shape index (κ2) is 5.40. The summed E-state index contributed by atoms with van der Waals surface area (Å²) in [6.07, 6.45) is 2.11. The highest BCUT2D eigenvalue weighted by molar-refractivity contribution is 7.98. The SMILES string of the molecule is CSCCNc1ccc(Cl)cc1C. The third kappa shape index (κ3) is 3.49. The maximum absolute atomic E-state index is 5.85. The minimum absolute atomic E-state index is 0.799. The predicted molar refractivity (Wildman–Crippen MR) is 63.1 cm³/mol. The maximum Gasteiger partial charge on any atom is 0.0410 e. The molecule has 0 fully saturated rings. The average molecular weight is 216 g/mol. The number of benzene rings is 1. The number of anilines is 1. The molecule has 1 aromatic rings. The summed E-state index contributed by atoms with van der Waals surface area (Å²) in [5.41, 5.74) is 2.38. The summed E-state index contributed by atoms with van der Waals surface area (Å²) in [6.45, 7) is 3.07. The molecule has 1 N–H and O–H groups in total. The Labute approximate surface area is 88.9 Å². The molecule has 0 spiro atoms. The van der Waals surface area contributed by atoms with Gasteiger partial charge in [-0.15, -0.1) is 0 Å². The van der Waals surface area contributed by atoms with Crippen LogP contribution in [0.1, 0.15) is 5.56 Å². The molecule has 0 radical (unpaired) electrons. The van der Waals surface area contributed by atoms with Crippen molar-refractivity contribution in [2.75, 3.05) is 23.9 Å². The van der Waals surface area contributed by atoms with Crippen molar-refractivity contribution in [1.82, 2.24) is 0 Å². The summed E-state index contributed by atoms with van der Waals surface area (Å²) >= 11 is 7.69. The smallest absolute Gasteiger partial charge is 0.0410 e. The summed E-state index contributed by atoms with van der Waals surface area (Å²) in [6, 6.07) is 5.91. The summed E-state index contributed by atoms with van der Waals surface area (Å²) in [4.78, 5) is 0. The molecule has 0 aromatic heterocycles. The third-order valence-corrected chi connectivity index (χ3v) is 2.66. The first-order valence-electron chi connectivity index (χ1n) is 4.23. The van der Waals surface area contributed by atoms with Gasteiger partial charge in [0.05, 0.1) is 0 Å². The Morgan fingerprint density at radius 2 is 2.23 bits per heavy atom. The van der Waals surface area contributed by atoms with Crippen LogP contribution < -0.4 is 5.32 Å². The molecule has 0 aliphatic heterocycles. The van der Waals surface area contributed by atoms with E-state index >= 15 is 0 Å². The minimum Gasteiger partial charge on any atom is -0.384 e. The van der Waals surface area contributed by atoms with Gasteiger partial charge >= 0.3 is 0 Å². The molecule has 0 atom stereocenters. The molecule has 1 rings (SSSR count). The fraction of sp³-hybridized carbons (Fsp3) is 0.400. The van der Waals surface area contributed by atoms with Crippen molar-refractivity contribution in [2.24, 2.45) is 0 Å². The van der Waals surface area contributed by atoms with Crippen molar-refractivity contribution < 1.29 is 0 Å². The van der Waals surface area contributed by atoms with Crippen LogP contribution in [-0.4, -0.2) is 18.6 Å². The van der Waals surface area contributed by atoms with E-state index in [9.17, 15) is 0 Å². The Bertz CT molecular complexity index is 276. The zero-order chi connectivity index (χ0) is 9.68. The van der Waals surface area contributed by atoms with Crippen LogP contribution in [0.5, 0.6) is 0 Å². The van der Waals surface area contributed by atoms with E-state index in [1.165, 1.54) is 11.3 Å². The number of thioether (sulfide) groups is 1. The van der Waals surface area contributed by atoms with Gasteiger partial charge in [0, 0.05) is 23.0 Å². The number of nitrogens with one attached hydrogen (secondary N) is 1. The van der Waals surface area contributed by atoms with Crippen LogP contribution in [0.4, 0.5) is 5.69 Å². The lowest BCUT2D eigenvalue weighted by atomic mass is 10.2. The van der Waals surface area contributed by atoms with Gasteiger partial charge in [0.2, 0.25) is 0 Å². The van der Waals surface area contributed by atoms with Crippen LogP contribution >= 0.6 is 23.4 Å². The van der Waals surface area contributed by atoms with Gasteiger partial charge in [0.15, 0.2) is 0 Å². The molecule has 1 nitrogen and oxygen atoms in total. The molecular formula is C10H14ClNS. The second-order valence-electron chi connectivity index (χ2n) is 2.88. The Morgan fingerprint density at radius 1 is 1.46 bits per heavy atom. The molecule has 72 valence electrons. The van der Waals surface area contributed by atoms with E-state index in [-0.39, 0.29) is 0 Å². The molecule has 0 saturated heterocycles. The molecule has 0 heterocycles. The van der Waals surface area contributed by atoms with Crippen LogP contribution in [-0.2, 0) is 0 Å². The average Bonchev–Trinajstić information content (AvgIpc) is 2.09. The lowest BCUT2D eigenvalue weighted by molar-refractivity contribution is 1.21. The molecule has 13 heavy (non-hydrogen) atoms. The van der Waals surface area contributed by atoms with Gasteiger partial charge in [0.1, 0.15) is 0 Å². The van der Waals surface area contributed by atoms with Gasteiger partial charge in [-0.25, -0.2) is 0 Å². The molecule has 0 amide bonds. The number of hydrogen-bond acceptors (Lipinski definition) is 2. The fourth-order valence-electron chi connectivity index (χ4n) is 1.11. The lowest BCUT2D eigenvalue weighted by Gasteiger charge is -2.08. The van der Waals surface area contributed by atoms with Crippen LogP contribution in [0, 0.1) is 6.92 Å². The highest BCUT2D eigenvalue weighted by atomic mass is 35.5. The normalized spacial score (nSPS) is 10.1. The van der Waals surface area contributed by atoms with Gasteiger partial charge in [-0.05, 0) is 36.9 Å². The highest BCUT2D eigenvalue weighted by Crippen LogP contribution is 2.19. The summed E-state index contributed by atoms with van der Waals surface area (Å²) in [5, 5.41) is 4.16. The van der Waals surface area contributed by atoms with E-state index in [2.05, 4.69) is 18.5 Å². The largest absolute Gasteiger partial charge is 0.384 e. The van der Waals surface area contributed by atoms with Crippen LogP contribution in [0.25, 0.3) is 0 Å². The maximum atomic E-state index is 5.85. The van der Waals surface area contributed by atoms with Crippen molar-refractivity contribution in [3.63, 3.8) is 0 Å². The van der Waals surface area contributed by atoms with E-state index in [0.29, 0.717) is 0 Å². The van der Waals surface area contributed by atoms with Crippen molar-refractivity contribution in [1.29, 1.82) is 0 Å². The van der Waals surface area contributed by atoms with E-state index in [1.54, 1.807) is 0 Å². The van der Waals surface area contributed by atoms with Crippen molar-refractivity contribution >= 4 is 29.1 Å². The van der Waals surface area contributed by atoms with Gasteiger partial charge in [-0.2, -0.15) is 11.8 Å². The summed E-state index contributed by atoms with van der Waals surface area (Å²) in [5.74, 6) is 1.13. The minimum atomic E-state index is 0.799. The standard InChI is InChI=1S/C10H14ClNS/c1-8-7-9(11)3-4-10(8)12-5-6-13-2/h3-4,7,12H,5-6H2,1-2H3. The van der Waals surface area contributed by atoms with E-state index in [0.717, 1.165) is 17.3 Å². The highest BCUT2D eigenvalue weighted by Gasteiger charge is 1.97. The topological polar surface area (TPSA) is 12.0 Å². The monoisotopic (exact) mass is 215 g/mol. The van der Waals surface area contributed by atoms with Gasteiger partial charge in [0.25, 0.3) is 0 Å². The quantitative estimate of drug-likeness (QED) is 0.773. The van der Waals surface area contributed by atoms with Crippen molar-refractivity contribution in [2.45, 2.75) is 6.92 Å². The Morgan fingerprint density at radius 3 is 2.85 bits per heavy atom. The Kier molecular flexibility index (Phi) is 4.46. The van der Waals surface area contributed by atoms with E-state index in [4.69, 9.17) is 11.6 Å². The molecule has 0 aliphatic carbocycles. The Balaban J connectivity index is 2.56. The first-order valence-corrected chi connectivity index (χ1v) is 6.00. The Hall–Kier alpha value is -0.340. The van der Waals surface area contributed by atoms with Crippen LogP contribution in [0.15, 0.2) is 18.2 Å². The molecule has 0 unspecified atom stereocenters. The molecule has 1 aromatic carbocycles. The van der Waals surface area contributed by atoms with E-state index < -0.39 is 0 Å². The number of rotatable bonds is 4. The van der Waals surface area contributed by atoms with E-state index in [1.807, 2.05) is 30.0 Å². The van der Waals surface area contributed by atoms with Crippen LogP contribution in [0.2, 0.25) is 5.02 Å². The first-order chi connectivity index (χ1) is 6.24. The van der Waals surface area contributed by atoms with Gasteiger partial charge in [-0.3, -0.25) is 0 Å². The molecular weight excluding hydrogens is 202 g/mol. The zero-order valence-electron chi connectivity index (χ0n) is 7.93. The first kappa shape index (κ1) is 10.7. The third-order valence-electron chi connectivity index (χ3n) is 1.81. The predicted octanol–water partition coefficient (Wildman–Crippen LogP) is 3.42. The number of halogens is 1. The summed E-state index contributed by atoms with van der Waals surface area (Å²) in [7, 11) is 0. The van der Waals surface area contributed by atoms with Crippen molar-refractivity contribution in [3.05, 3.63) is 28.8 Å². The second-order valence-corrected chi connectivity index (χ2v) is 4.30.